The van der Waals surface area contributed by atoms with Crippen LogP contribution < -0.4 is 0 Å². The predicted molar refractivity (Wildman–Crippen MR) is 66.3 cm³/mol. The fourth-order valence-corrected chi connectivity index (χ4v) is 4.07. The fraction of sp³-hybridized carbons (Fsp3) is 0.867. The predicted octanol–water partition coefficient (Wildman–Crippen LogP) is 4.08. The highest BCUT2D eigenvalue weighted by Crippen LogP contribution is 2.50. The van der Waals surface area contributed by atoms with Crippen molar-refractivity contribution in [2.45, 2.75) is 70.5 Å². The first-order valence-corrected chi connectivity index (χ1v) is 7.17. The lowest BCUT2D eigenvalue weighted by molar-refractivity contribution is -0.0453. The zero-order valence-corrected chi connectivity index (χ0v) is 10.5. The molecule has 16 heavy (non-hydrogen) atoms. The first-order valence-electron chi connectivity index (χ1n) is 7.17. The molecule has 0 amide bonds. The fourth-order valence-electron chi connectivity index (χ4n) is 4.07. The van der Waals surface area contributed by atoms with Crippen molar-refractivity contribution in [2.24, 2.45) is 11.8 Å². The monoisotopic (exact) mass is 220 g/mol. The Hall–Kier alpha value is -0.300. The van der Waals surface area contributed by atoms with E-state index in [-0.39, 0.29) is 0 Å². The van der Waals surface area contributed by atoms with Gasteiger partial charge in [-0.15, -0.1) is 0 Å². The topological polar surface area (TPSA) is 9.23 Å². The van der Waals surface area contributed by atoms with E-state index < -0.39 is 0 Å². The van der Waals surface area contributed by atoms with Crippen LogP contribution in [0.25, 0.3) is 0 Å². The third kappa shape index (κ3) is 1.95. The molecule has 2 bridgehead atoms. The summed E-state index contributed by atoms with van der Waals surface area (Å²) in [6, 6.07) is 0. The third-order valence-electron chi connectivity index (χ3n) is 4.89. The van der Waals surface area contributed by atoms with Crippen molar-refractivity contribution < 1.29 is 4.74 Å². The van der Waals surface area contributed by atoms with Gasteiger partial charge in [0.15, 0.2) is 0 Å². The molecule has 3 saturated carbocycles. The van der Waals surface area contributed by atoms with Gasteiger partial charge in [0.25, 0.3) is 0 Å². The Kier molecular flexibility index (Phi) is 3.06. The van der Waals surface area contributed by atoms with Crippen molar-refractivity contribution in [3.63, 3.8) is 0 Å². The molecule has 0 aromatic heterocycles. The van der Waals surface area contributed by atoms with Crippen molar-refractivity contribution in [3.8, 4) is 0 Å². The lowest BCUT2D eigenvalue weighted by Crippen LogP contribution is -2.29. The first kappa shape index (κ1) is 10.8. The van der Waals surface area contributed by atoms with Gasteiger partial charge in [-0.2, -0.15) is 0 Å². The normalized spacial score (nSPS) is 42.1. The Morgan fingerprint density at radius 3 is 2.62 bits per heavy atom. The minimum absolute atomic E-state index is 0.577. The van der Waals surface area contributed by atoms with Crippen LogP contribution in [0.15, 0.2) is 11.6 Å². The number of hydrogen-bond acceptors (Lipinski definition) is 1. The standard InChI is InChI=1S/C15H24O/c1-2-12-8-11-9-14(12)15(10-11)16-13-6-4-3-5-7-13/h2,11,13-15H,3-10H2,1H3. The molecular weight excluding hydrogens is 196 g/mol. The van der Waals surface area contributed by atoms with Crippen LogP contribution in [0.1, 0.15) is 58.3 Å². The Bertz CT molecular complexity index is 275. The number of ether oxygens (including phenoxy) is 1. The summed E-state index contributed by atoms with van der Waals surface area (Å²) in [5, 5.41) is 0. The van der Waals surface area contributed by atoms with Gasteiger partial charge in [0.05, 0.1) is 12.2 Å². The van der Waals surface area contributed by atoms with Crippen molar-refractivity contribution in [1.29, 1.82) is 0 Å². The highest BCUT2D eigenvalue weighted by atomic mass is 16.5. The molecule has 0 aliphatic heterocycles. The van der Waals surface area contributed by atoms with E-state index in [2.05, 4.69) is 13.0 Å². The highest BCUT2D eigenvalue weighted by Gasteiger charge is 2.43. The largest absolute Gasteiger partial charge is 0.374 e. The van der Waals surface area contributed by atoms with Crippen LogP contribution in [0.5, 0.6) is 0 Å². The SMILES string of the molecule is CC=C1CC2CC(OC3CCCCC3)C1C2. The molecule has 90 valence electrons. The number of fused-ring (bicyclic) bond motifs is 2. The first-order chi connectivity index (χ1) is 7.86. The quantitative estimate of drug-likeness (QED) is 0.637. The summed E-state index contributed by atoms with van der Waals surface area (Å²) in [6.45, 7) is 2.20. The van der Waals surface area contributed by atoms with Gasteiger partial charge in [-0.1, -0.05) is 30.9 Å². The zero-order chi connectivity index (χ0) is 11.0. The van der Waals surface area contributed by atoms with Gasteiger partial charge in [0.2, 0.25) is 0 Å². The summed E-state index contributed by atoms with van der Waals surface area (Å²) >= 11 is 0. The van der Waals surface area contributed by atoms with E-state index in [1.54, 1.807) is 5.57 Å². The van der Waals surface area contributed by atoms with E-state index in [1.807, 2.05) is 0 Å². The zero-order valence-electron chi connectivity index (χ0n) is 10.5. The molecule has 1 heteroatoms. The second-order valence-electron chi connectivity index (χ2n) is 5.95. The minimum atomic E-state index is 0.577. The van der Waals surface area contributed by atoms with Crippen LogP contribution in [-0.2, 0) is 4.74 Å². The van der Waals surface area contributed by atoms with Crippen LogP contribution in [-0.4, -0.2) is 12.2 Å². The number of hydrogen-bond donors (Lipinski definition) is 0. The summed E-state index contributed by atoms with van der Waals surface area (Å²) in [6.07, 6.45) is 14.5. The van der Waals surface area contributed by atoms with E-state index in [0.29, 0.717) is 12.2 Å². The van der Waals surface area contributed by atoms with Crippen molar-refractivity contribution in [1.82, 2.24) is 0 Å². The molecule has 0 heterocycles. The maximum absolute atomic E-state index is 6.38. The Morgan fingerprint density at radius 2 is 1.94 bits per heavy atom. The summed E-state index contributed by atoms with van der Waals surface area (Å²) in [7, 11) is 0. The van der Waals surface area contributed by atoms with Crippen molar-refractivity contribution in [3.05, 3.63) is 11.6 Å². The number of allylic oxidation sites excluding steroid dienone is 1. The average molecular weight is 220 g/mol. The molecule has 0 N–H and O–H groups in total. The molecule has 1 nitrogen and oxygen atoms in total. The minimum Gasteiger partial charge on any atom is -0.374 e. The van der Waals surface area contributed by atoms with Gasteiger partial charge in [-0.3, -0.25) is 0 Å². The lowest BCUT2D eigenvalue weighted by Gasteiger charge is -2.31. The van der Waals surface area contributed by atoms with Crippen LogP contribution in [0.4, 0.5) is 0 Å². The van der Waals surface area contributed by atoms with Crippen LogP contribution in [0, 0.1) is 11.8 Å². The second-order valence-corrected chi connectivity index (χ2v) is 5.95. The summed E-state index contributed by atoms with van der Waals surface area (Å²) < 4.78 is 6.38. The van der Waals surface area contributed by atoms with Crippen LogP contribution >= 0.6 is 0 Å². The summed E-state index contributed by atoms with van der Waals surface area (Å²) in [5.74, 6) is 1.74. The van der Waals surface area contributed by atoms with Crippen LogP contribution in [0.3, 0.4) is 0 Å². The van der Waals surface area contributed by atoms with E-state index >= 15 is 0 Å². The smallest absolute Gasteiger partial charge is 0.0646 e. The van der Waals surface area contributed by atoms with Gasteiger partial charge >= 0.3 is 0 Å². The molecule has 3 aliphatic rings. The molecule has 3 atom stereocenters. The molecule has 3 aliphatic carbocycles. The second kappa shape index (κ2) is 4.52. The Balaban J connectivity index is 1.59. The Morgan fingerprint density at radius 1 is 1.12 bits per heavy atom. The van der Waals surface area contributed by atoms with E-state index in [4.69, 9.17) is 4.74 Å². The third-order valence-corrected chi connectivity index (χ3v) is 4.89. The summed E-state index contributed by atoms with van der Waals surface area (Å²) in [4.78, 5) is 0. The van der Waals surface area contributed by atoms with Gasteiger partial charge in [0.1, 0.15) is 0 Å². The molecular formula is C15H24O. The Labute approximate surface area is 99.3 Å². The average Bonchev–Trinajstić information content (AvgIpc) is 2.89. The van der Waals surface area contributed by atoms with Crippen molar-refractivity contribution >= 4 is 0 Å². The lowest BCUT2D eigenvalue weighted by atomic mass is 9.91. The van der Waals surface area contributed by atoms with Gasteiger partial charge < -0.3 is 4.74 Å². The van der Waals surface area contributed by atoms with Gasteiger partial charge in [-0.25, -0.2) is 0 Å². The molecule has 0 radical (unpaired) electrons. The van der Waals surface area contributed by atoms with Crippen molar-refractivity contribution in [2.75, 3.05) is 0 Å². The molecule has 0 spiro atoms. The maximum Gasteiger partial charge on any atom is 0.0646 e. The molecule has 3 rings (SSSR count). The molecule has 3 fully saturated rings. The molecule has 3 unspecified atom stereocenters. The molecule has 0 aromatic carbocycles. The highest BCUT2D eigenvalue weighted by molar-refractivity contribution is 5.19. The summed E-state index contributed by atoms with van der Waals surface area (Å²) in [5.41, 5.74) is 1.69. The van der Waals surface area contributed by atoms with Crippen LogP contribution in [0.2, 0.25) is 0 Å². The van der Waals surface area contributed by atoms with E-state index in [0.717, 1.165) is 11.8 Å². The number of rotatable bonds is 2. The maximum atomic E-state index is 6.38. The van der Waals surface area contributed by atoms with E-state index in [9.17, 15) is 0 Å². The molecule has 0 saturated heterocycles. The van der Waals surface area contributed by atoms with Gasteiger partial charge in [-0.05, 0) is 44.9 Å². The van der Waals surface area contributed by atoms with E-state index in [1.165, 1.54) is 51.4 Å². The van der Waals surface area contributed by atoms with Gasteiger partial charge in [0, 0.05) is 5.92 Å². The molecule has 0 aromatic rings.